The number of likely N-dealkylation sites (tertiary alicyclic amines) is 1. The lowest BCUT2D eigenvalue weighted by atomic mass is 9.97. The molecule has 2 aliphatic rings. The molecule has 1 amide bonds. The smallest absolute Gasteiger partial charge is 0.407 e. The van der Waals surface area contributed by atoms with Crippen LogP contribution in [0.1, 0.15) is 46.5 Å². The third kappa shape index (κ3) is 6.98. The minimum absolute atomic E-state index is 0.141. The van der Waals surface area contributed by atoms with Gasteiger partial charge in [-0.05, 0) is 84.6 Å². The molecular weight excluding hydrogens is 410 g/mol. The fourth-order valence-corrected chi connectivity index (χ4v) is 4.29. The van der Waals surface area contributed by atoms with Gasteiger partial charge in [0.2, 0.25) is 0 Å². The number of hydrogen-bond acceptors (Lipinski definition) is 7. The molecule has 1 aromatic carbocycles. The molecular formula is C23H37N5O4. The third-order valence-electron chi connectivity index (χ3n) is 6.14. The van der Waals surface area contributed by atoms with Gasteiger partial charge in [-0.3, -0.25) is 10.1 Å². The normalized spacial score (nSPS) is 18.9. The number of benzene rings is 1. The first kappa shape index (κ1) is 24.1. The van der Waals surface area contributed by atoms with E-state index < -0.39 is 6.09 Å². The van der Waals surface area contributed by atoms with Crippen molar-refractivity contribution in [3.63, 3.8) is 0 Å². The number of nitro groups is 1. The summed E-state index contributed by atoms with van der Waals surface area (Å²) in [7, 11) is 2.12. The topological polar surface area (TPSA) is 100.0 Å². The molecule has 0 atom stereocenters. The SMILES string of the molecule is CN1CCC(Nc2ccc(N3CCC(COC(=O)NC(C)(C)C)CC3)c([N+](=O)[O-])c2)CC1. The number of ether oxygens (including phenoxy) is 1. The Bertz CT molecular complexity index is 794. The first-order chi connectivity index (χ1) is 15.1. The zero-order valence-electron chi connectivity index (χ0n) is 19.7. The van der Waals surface area contributed by atoms with Gasteiger partial charge in [0.15, 0.2) is 0 Å². The van der Waals surface area contributed by atoms with Crippen LogP contribution in [-0.2, 0) is 4.74 Å². The molecule has 2 aliphatic heterocycles. The number of nitro benzene ring substituents is 1. The molecule has 0 saturated carbocycles. The highest BCUT2D eigenvalue weighted by molar-refractivity contribution is 5.69. The van der Waals surface area contributed by atoms with Crippen molar-refractivity contribution >= 4 is 23.2 Å². The standard InChI is InChI=1S/C23H37N5O4/c1-23(2,3)25-22(29)32-16-17-7-13-27(14-8-17)20-6-5-19(15-21(20)28(30)31)24-18-9-11-26(4)12-10-18/h5-6,15,17-18,24H,7-14,16H2,1-4H3,(H,25,29). The van der Waals surface area contributed by atoms with Crippen molar-refractivity contribution in [3.05, 3.63) is 28.3 Å². The number of rotatable bonds is 6. The number of anilines is 2. The van der Waals surface area contributed by atoms with E-state index >= 15 is 0 Å². The number of nitrogens with zero attached hydrogens (tertiary/aromatic N) is 3. The van der Waals surface area contributed by atoms with Crippen LogP contribution < -0.4 is 15.5 Å². The second-order valence-electron chi connectivity index (χ2n) is 10.1. The molecule has 0 aromatic heterocycles. The second kappa shape index (κ2) is 10.4. The summed E-state index contributed by atoms with van der Waals surface area (Å²) in [6.07, 6.45) is 3.33. The van der Waals surface area contributed by atoms with Gasteiger partial charge >= 0.3 is 6.09 Å². The molecule has 32 heavy (non-hydrogen) atoms. The summed E-state index contributed by atoms with van der Waals surface area (Å²) in [6, 6.07) is 5.83. The van der Waals surface area contributed by atoms with Crippen molar-refractivity contribution in [2.75, 3.05) is 50.1 Å². The minimum Gasteiger partial charge on any atom is -0.449 e. The average molecular weight is 448 g/mol. The minimum atomic E-state index is -0.400. The van der Waals surface area contributed by atoms with Gasteiger partial charge in [0, 0.05) is 36.4 Å². The summed E-state index contributed by atoms with van der Waals surface area (Å²) in [5.74, 6) is 0.265. The Balaban J connectivity index is 1.55. The van der Waals surface area contributed by atoms with E-state index in [-0.39, 0.29) is 22.1 Å². The van der Waals surface area contributed by atoms with Crippen LogP contribution in [0, 0.1) is 16.0 Å². The Hall–Kier alpha value is -2.55. The number of piperidine rings is 2. The van der Waals surface area contributed by atoms with E-state index in [2.05, 4.69) is 27.5 Å². The van der Waals surface area contributed by atoms with E-state index in [1.54, 1.807) is 6.07 Å². The zero-order chi connectivity index (χ0) is 23.3. The summed E-state index contributed by atoms with van der Waals surface area (Å²) in [6.45, 7) is 9.59. The molecule has 2 saturated heterocycles. The van der Waals surface area contributed by atoms with Gasteiger partial charge in [0.1, 0.15) is 5.69 Å². The highest BCUT2D eigenvalue weighted by Crippen LogP contribution is 2.34. The van der Waals surface area contributed by atoms with Crippen molar-refractivity contribution in [3.8, 4) is 0 Å². The summed E-state index contributed by atoms with van der Waals surface area (Å²) in [4.78, 5) is 27.7. The van der Waals surface area contributed by atoms with Gasteiger partial charge in [-0.25, -0.2) is 4.79 Å². The predicted molar refractivity (Wildman–Crippen MR) is 126 cm³/mol. The van der Waals surface area contributed by atoms with E-state index in [9.17, 15) is 14.9 Å². The first-order valence-electron chi connectivity index (χ1n) is 11.5. The van der Waals surface area contributed by atoms with E-state index in [0.717, 1.165) is 44.5 Å². The van der Waals surface area contributed by atoms with Gasteiger partial charge in [-0.15, -0.1) is 0 Å². The van der Waals surface area contributed by atoms with Crippen molar-refractivity contribution in [2.45, 2.75) is 58.0 Å². The van der Waals surface area contributed by atoms with Crippen LogP contribution in [0.3, 0.4) is 0 Å². The molecule has 0 spiro atoms. The van der Waals surface area contributed by atoms with Gasteiger partial charge in [0.05, 0.1) is 11.5 Å². The summed E-state index contributed by atoms with van der Waals surface area (Å²) < 4.78 is 5.37. The fourth-order valence-electron chi connectivity index (χ4n) is 4.29. The molecule has 0 unspecified atom stereocenters. The molecule has 3 rings (SSSR count). The molecule has 0 aliphatic carbocycles. The summed E-state index contributed by atoms with van der Waals surface area (Å²) in [5.41, 5.74) is 1.28. The molecule has 0 radical (unpaired) electrons. The zero-order valence-corrected chi connectivity index (χ0v) is 19.7. The van der Waals surface area contributed by atoms with Crippen molar-refractivity contribution in [1.82, 2.24) is 10.2 Å². The Labute approximate surface area is 190 Å². The quantitative estimate of drug-likeness (QED) is 0.505. The van der Waals surface area contributed by atoms with Crippen LogP contribution in [0.25, 0.3) is 0 Å². The average Bonchev–Trinajstić information content (AvgIpc) is 2.73. The maximum Gasteiger partial charge on any atom is 0.407 e. The monoisotopic (exact) mass is 447 g/mol. The van der Waals surface area contributed by atoms with E-state index in [0.29, 0.717) is 31.4 Å². The van der Waals surface area contributed by atoms with Crippen LogP contribution in [0.15, 0.2) is 18.2 Å². The lowest BCUT2D eigenvalue weighted by molar-refractivity contribution is -0.384. The van der Waals surface area contributed by atoms with Crippen LogP contribution in [0.4, 0.5) is 21.9 Å². The van der Waals surface area contributed by atoms with E-state index in [1.807, 2.05) is 32.9 Å². The van der Waals surface area contributed by atoms with Crippen LogP contribution >= 0.6 is 0 Å². The molecule has 178 valence electrons. The van der Waals surface area contributed by atoms with Crippen molar-refractivity contribution in [2.24, 2.45) is 5.92 Å². The summed E-state index contributed by atoms with van der Waals surface area (Å²) in [5, 5.41) is 18.1. The Morgan fingerprint density at radius 2 is 1.81 bits per heavy atom. The molecule has 9 nitrogen and oxygen atoms in total. The maximum absolute atomic E-state index is 11.9. The number of nitrogens with one attached hydrogen (secondary N) is 2. The lowest BCUT2D eigenvalue weighted by Crippen LogP contribution is -2.42. The molecule has 2 fully saturated rings. The highest BCUT2D eigenvalue weighted by Gasteiger charge is 2.27. The van der Waals surface area contributed by atoms with Crippen LogP contribution in [0.2, 0.25) is 0 Å². The van der Waals surface area contributed by atoms with Gasteiger partial charge in [-0.2, -0.15) is 0 Å². The third-order valence-corrected chi connectivity index (χ3v) is 6.14. The van der Waals surface area contributed by atoms with Gasteiger partial charge in [-0.1, -0.05) is 0 Å². The van der Waals surface area contributed by atoms with E-state index in [4.69, 9.17) is 4.74 Å². The second-order valence-corrected chi connectivity index (χ2v) is 10.1. The van der Waals surface area contributed by atoms with Crippen molar-refractivity contribution in [1.29, 1.82) is 0 Å². The maximum atomic E-state index is 11.9. The van der Waals surface area contributed by atoms with Gasteiger partial charge in [0.25, 0.3) is 5.69 Å². The fraction of sp³-hybridized carbons (Fsp3) is 0.696. The number of hydrogen-bond donors (Lipinski definition) is 2. The number of carbonyl (C=O) groups is 1. The molecule has 9 heteroatoms. The Morgan fingerprint density at radius 1 is 1.16 bits per heavy atom. The van der Waals surface area contributed by atoms with Crippen LogP contribution in [-0.4, -0.2) is 67.3 Å². The number of alkyl carbamates (subject to hydrolysis) is 1. The van der Waals surface area contributed by atoms with Crippen molar-refractivity contribution < 1.29 is 14.5 Å². The first-order valence-corrected chi connectivity index (χ1v) is 11.5. The number of amides is 1. The largest absolute Gasteiger partial charge is 0.449 e. The molecule has 2 heterocycles. The van der Waals surface area contributed by atoms with Gasteiger partial charge < -0.3 is 25.2 Å². The molecule has 1 aromatic rings. The molecule has 0 bridgehead atoms. The molecule has 2 N–H and O–H groups in total. The number of carbonyl (C=O) groups excluding carboxylic acids is 1. The Morgan fingerprint density at radius 3 is 2.41 bits per heavy atom. The van der Waals surface area contributed by atoms with Crippen LogP contribution in [0.5, 0.6) is 0 Å². The predicted octanol–water partition coefficient (Wildman–Crippen LogP) is 3.84. The lowest BCUT2D eigenvalue weighted by Gasteiger charge is -2.33. The summed E-state index contributed by atoms with van der Waals surface area (Å²) >= 11 is 0. The van der Waals surface area contributed by atoms with E-state index in [1.165, 1.54) is 0 Å². The Kier molecular flexibility index (Phi) is 7.82. The highest BCUT2D eigenvalue weighted by atomic mass is 16.6.